The Morgan fingerprint density at radius 1 is 1.20 bits per heavy atom. The van der Waals surface area contributed by atoms with Crippen LogP contribution in [0.5, 0.6) is 5.75 Å². The molecule has 0 saturated heterocycles. The van der Waals surface area contributed by atoms with Gasteiger partial charge in [-0.25, -0.2) is 4.39 Å². The summed E-state index contributed by atoms with van der Waals surface area (Å²) in [5.74, 6) is 0.290. The SMILES string of the molecule is O[C@@H]1CC(c2ccc(F)cc2Br)Oc2ccc(Cl)cc21. The lowest BCUT2D eigenvalue weighted by atomic mass is 9.95. The highest BCUT2D eigenvalue weighted by atomic mass is 79.9. The molecule has 1 aliphatic heterocycles. The first-order chi connectivity index (χ1) is 9.54. The highest BCUT2D eigenvalue weighted by molar-refractivity contribution is 9.10. The third-order valence-electron chi connectivity index (χ3n) is 3.35. The van der Waals surface area contributed by atoms with Gasteiger partial charge in [-0.2, -0.15) is 0 Å². The molecule has 1 aliphatic rings. The van der Waals surface area contributed by atoms with Gasteiger partial charge < -0.3 is 9.84 Å². The predicted octanol–water partition coefficient (Wildman–Crippen LogP) is 4.80. The van der Waals surface area contributed by atoms with Crippen molar-refractivity contribution < 1.29 is 14.2 Å². The van der Waals surface area contributed by atoms with E-state index in [1.807, 2.05) is 0 Å². The van der Waals surface area contributed by atoms with Crippen molar-refractivity contribution in [3.63, 3.8) is 0 Å². The number of aliphatic hydroxyl groups excluding tert-OH is 1. The van der Waals surface area contributed by atoms with Crippen LogP contribution in [0.4, 0.5) is 4.39 Å². The van der Waals surface area contributed by atoms with E-state index in [2.05, 4.69) is 15.9 Å². The van der Waals surface area contributed by atoms with Gasteiger partial charge in [0.1, 0.15) is 17.7 Å². The summed E-state index contributed by atoms with van der Waals surface area (Å²) in [7, 11) is 0. The minimum absolute atomic E-state index is 0.316. The lowest BCUT2D eigenvalue weighted by Gasteiger charge is -2.30. The highest BCUT2D eigenvalue weighted by Gasteiger charge is 2.29. The molecular weight excluding hydrogens is 347 g/mol. The average molecular weight is 358 g/mol. The van der Waals surface area contributed by atoms with Crippen LogP contribution in [0.25, 0.3) is 0 Å². The number of ether oxygens (including phenoxy) is 1. The van der Waals surface area contributed by atoms with Crippen molar-refractivity contribution in [1.29, 1.82) is 0 Å². The van der Waals surface area contributed by atoms with Crippen LogP contribution in [0.15, 0.2) is 40.9 Å². The van der Waals surface area contributed by atoms with Crippen LogP contribution in [-0.4, -0.2) is 5.11 Å². The predicted molar refractivity (Wildman–Crippen MR) is 78.5 cm³/mol. The summed E-state index contributed by atoms with van der Waals surface area (Å²) >= 11 is 9.25. The lowest BCUT2D eigenvalue weighted by Crippen LogP contribution is -2.19. The molecule has 0 bridgehead atoms. The maximum atomic E-state index is 13.1. The highest BCUT2D eigenvalue weighted by Crippen LogP contribution is 2.43. The molecule has 104 valence electrons. The number of halogens is 3. The van der Waals surface area contributed by atoms with E-state index in [1.165, 1.54) is 12.1 Å². The standard InChI is InChI=1S/C15H11BrClFO2/c16-12-6-9(18)2-3-10(12)15-7-13(19)11-5-8(17)1-4-14(11)20-15/h1-6,13,15,19H,7H2/t13-,15?/m1/s1. The largest absolute Gasteiger partial charge is 0.485 e. The number of aliphatic hydroxyl groups is 1. The van der Waals surface area contributed by atoms with Crippen molar-refractivity contribution in [2.45, 2.75) is 18.6 Å². The van der Waals surface area contributed by atoms with Gasteiger partial charge in [-0.15, -0.1) is 0 Å². The van der Waals surface area contributed by atoms with Crippen LogP contribution in [-0.2, 0) is 0 Å². The molecule has 2 nitrogen and oxygen atoms in total. The molecule has 0 aromatic heterocycles. The third kappa shape index (κ3) is 2.55. The molecule has 2 aromatic carbocycles. The Hall–Kier alpha value is -1.10. The number of fused-ring (bicyclic) bond motifs is 1. The number of benzene rings is 2. The van der Waals surface area contributed by atoms with E-state index in [-0.39, 0.29) is 11.9 Å². The number of hydrogen-bond acceptors (Lipinski definition) is 2. The summed E-state index contributed by atoms with van der Waals surface area (Å²) in [4.78, 5) is 0. The zero-order valence-electron chi connectivity index (χ0n) is 10.3. The van der Waals surface area contributed by atoms with E-state index >= 15 is 0 Å². The smallest absolute Gasteiger partial charge is 0.128 e. The van der Waals surface area contributed by atoms with Crippen molar-refractivity contribution in [1.82, 2.24) is 0 Å². The van der Waals surface area contributed by atoms with Gasteiger partial charge in [0.25, 0.3) is 0 Å². The molecule has 2 aromatic rings. The van der Waals surface area contributed by atoms with Gasteiger partial charge in [0.2, 0.25) is 0 Å². The molecule has 0 aliphatic carbocycles. The van der Waals surface area contributed by atoms with Crippen LogP contribution in [0, 0.1) is 5.82 Å². The molecule has 0 saturated carbocycles. The molecule has 2 atom stereocenters. The van der Waals surface area contributed by atoms with Crippen molar-refractivity contribution >= 4 is 27.5 Å². The Labute approximate surface area is 129 Å². The summed E-state index contributed by atoms with van der Waals surface area (Å²) in [6, 6.07) is 9.60. The summed E-state index contributed by atoms with van der Waals surface area (Å²) in [5, 5.41) is 10.8. The van der Waals surface area contributed by atoms with Crippen LogP contribution in [0.1, 0.15) is 29.8 Å². The second-order valence-electron chi connectivity index (χ2n) is 4.71. The summed E-state index contributed by atoms with van der Waals surface area (Å²) < 4.78 is 19.7. The first-order valence-electron chi connectivity index (χ1n) is 6.13. The molecule has 5 heteroatoms. The lowest BCUT2D eigenvalue weighted by molar-refractivity contribution is 0.0654. The topological polar surface area (TPSA) is 29.5 Å². The van der Waals surface area contributed by atoms with E-state index < -0.39 is 6.10 Å². The van der Waals surface area contributed by atoms with Crippen molar-refractivity contribution in [3.05, 3.63) is 62.8 Å². The molecule has 20 heavy (non-hydrogen) atoms. The minimum atomic E-state index is -0.653. The minimum Gasteiger partial charge on any atom is -0.485 e. The Kier molecular flexibility index (Phi) is 3.71. The van der Waals surface area contributed by atoms with Gasteiger partial charge in [0, 0.05) is 27.0 Å². The third-order valence-corrected chi connectivity index (χ3v) is 4.27. The van der Waals surface area contributed by atoms with Crippen LogP contribution in [0.3, 0.4) is 0 Å². The Morgan fingerprint density at radius 2 is 2.00 bits per heavy atom. The first kappa shape index (κ1) is 13.9. The monoisotopic (exact) mass is 356 g/mol. The second-order valence-corrected chi connectivity index (χ2v) is 6.00. The molecular formula is C15H11BrClFO2. The zero-order valence-corrected chi connectivity index (χ0v) is 12.7. The average Bonchev–Trinajstić information content (AvgIpc) is 2.39. The van der Waals surface area contributed by atoms with Gasteiger partial charge in [-0.1, -0.05) is 33.6 Å². The van der Waals surface area contributed by atoms with Crippen LogP contribution in [0.2, 0.25) is 5.02 Å². The fraction of sp³-hybridized carbons (Fsp3) is 0.200. The normalized spacial score (nSPS) is 21.2. The summed E-state index contributed by atoms with van der Waals surface area (Å²) in [6.45, 7) is 0. The van der Waals surface area contributed by atoms with Crippen LogP contribution < -0.4 is 4.74 Å². The number of hydrogen-bond donors (Lipinski definition) is 1. The maximum Gasteiger partial charge on any atom is 0.128 e. The molecule has 0 spiro atoms. The molecule has 1 N–H and O–H groups in total. The quantitative estimate of drug-likeness (QED) is 0.794. The van der Waals surface area contributed by atoms with Gasteiger partial charge in [0.15, 0.2) is 0 Å². The van der Waals surface area contributed by atoms with Gasteiger partial charge in [-0.3, -0.25) is 0 Å². The second kappa shape index (κ2) is 5.35. The Morgan fingerprint density at radius 3 is 2.75 bits per heavy atom. The van der Waals surface area contributed by atoms with Crippen molar-refractivity contribution in [2.24, 2.45) is 0 Å². The van der Waals surface area contributed by atoms with Gasteiger partial charge in [0.05, 0.1) is 6.10 Å². The molecule has 0 amide bonds. The van der Waals surface area contributed by atoms with E-state index in [4.69, 9.17) is 16.3 Å². The molecule has 1 unspecified atom stereocenters. The van der Waals surface area contributed by atoms with E-state index in [9.17, 15) is 9.50 Å². The van der Waals surface area contributed by atoms with E-state index in [0.29, 0.717) is 27.2 Å². The Bertz CT molecular complexity index is 662. The van der Waals surface area contributed by atoms with Gasteiger partial charge in [-0.05, 0) is 30.3 Å². The van der Waals surface area contributed by atoms with Crippen molar-refractivity contribution in [2.75, 3.05) is 0 Å². The maximum absolute atomic E-state index is 13.1. The van der Waals surface area contributed by atoms with E-state index in [0.717, 1.165) is 5.56 Å². The first-order valence-corrected chi connectivity index (χ1v) is 7.31. The van der Waals surface area contributed by atoms with Gasteiger partial charge >= 0.3 is 0 Å². The molecule has 0 fully saturated rings. The number of rotatable bonds is 1. The zero-order chi connectivity index (χ0) is 14.3. The molecule has 0 radical (unpaired) electrons. The molecule has 1 heterocycles. The Balaban J connectivity index is 1.97. The summed E-state index contributed by atoms with van der Waals surface area (Å²) in [5.41, 5.74) is 1.50. The molecule has 3 rings (SSSR count). The fourth-order valence-corrected chi connectivity index (χ4v) is 3.16. The van der Waals surface area contributed by atoms with E-state index in [1.54, 1.807) is 24.3 Å². The van der Waals surface area contributed by atoms with Crippen LogP contribution >= 0.6 is 27.5 Å². The fourth-order valence-electron chi connectivity index (χ4n) is 2.37. The van der Waals surface area contributed by atoms with Crippen molar-refractivity contribution in [3.8, 4) is 5.75 Å². The summed E-state index contributed by atoms with van der Waals surface area (Å²) in [6.07, 6.45) is -0.578.